The van der Waals surface area contributed by atoms with Gasteiger partial charge in [0.2, 0.25) is 5.91 Å². The Morgan fingerprint density at radius 1 is 1.44 bits per heavy atom. The highest BCUT2D eigenvalue weighted by molar-refractivity contribution is 5.84. The Morgan fingerprint density at radius 3 is 2.69 bits per heavy atom. The topological polar surface area (TPSA) is 41.6 Å². The molecule has 4 nitrogen and oxygen atoms in total. The zero-order chi connectivity index (χ0) is 11.7. The molecule has 0 bridgehead atoms. The van der Waals surface area contributed by atoms with Crippen LogP contribution in [0.4, 0.5) is 0 Å². The number of carbonyl (C=O) groups is 1. The van der Waals surface area contributed by atoms with Gasteiger partial charge in [-0.05, 0) is 19.3 Å². The van der Waals surface area contributed by atoms with Crippen LogP contribution in [0.15, 0.2) is 0 Å². The first kappa shape index (κ1) is 11.9. The lowest BCUT2D eigenvalue weighted by Gasteiger charge is -2.28. The summed E-state index contributed by atoms with van der Waals surface area (Å²) in [6.45, 7) is 8.65. The third-order valence-electron chi connectivity index (χ3n) is 3.84. The van der Waals surface area contributed by atoms with E-state index in [4.69, 9.17) is 4.74 Å². The highest BCUT2D eigenvalue weighted by atomic mass is 16.5. The SMILES string of the molecule is CC(C)C1NCN(C(C)C2CCOC2)C1=O. The second-order valence-corrected chi connectivity index (χ2v) is 5.26. The van der Waals surface area contributed by atoms with E-state index in [-0.39, 0.29) is 11.9 Å². The van der Waals surface area contributed by atoms with Crippen LogP contribution in [0.1, 0.15) is 27.2 Å². The lowest BCUT2D eigenvalue weighted by Crippen LogP contribution is -2.42. The van der Waals surface area contributed by atoms with Crippen LogP contribution in [0, 0.1) is 11.8 Å². The average molecular weight is 226 g/mol. The fraction of sp³-hybridized carbons (Fsp3) is 0.917. The lowest BCUT2D eigenvalue weighted by molar-refractivity contribution is -0.132. The Kier molecular flexibility index (Phi) is 3.50. The van der Waals surface area contributed by atoms with E-state index < -0.39 is 0 Å². The van der Waals surface area contributed by atoms with Crippen molar-refractivity contribution in [2.75, 3.05) is 19.9 Å². The first-order valence-corrected chi connectivity index (χ1v) is 6.23. The molecule has 0 aromatic carbocycles. The van der Waals surface area contributed by atoms with Gasteiger partial charge in [-0.15, -0.1) is 0 Å². The predicted octanol–water partition coefficient (Wildman–Crippen LogP) is 0.825. The van der Waals surface area contributed by atoms with Crippen molar-refractivity contribution < 1.29 is 9.53 Å². The molecule has 2 heterocycles. The second-order valence-electron chi connectivity index (χ2n) is 5.26. The number of carbonyl (C=O) groups excluding carboxylic acids is 1. The van der Waals surface area contributed by atoms with Gasteiger partial charge in [-0.25, -0.2) is 0 Å². The maximum Gasteiger partial charge on any atom is 0.241 e. The van der Waals surface area contributed by atoms with Crippen LogP contribution in [0.2, 0.25) is 0 Å². The van der Waals surface area contributed by atoms with Crippen molar-refractivity contribution in [1.82, 2.24) is 10.2 Å². The molecule has 16 heavy (non-hydrogen) atoms. The summed E-state index contributed by atoms with van der Waals surface area (Å²) in [6, 6.07) is 0.302. The molecular formula is C12H22N2O2. The Labute approximate surface area is 97.3 Å². The maximum atomic E-state index is 12.2. The van der Waals surface area contributed by atoms with Crippen molar-refractivity contribution in [3.63, 3.8) is 0 Å². The highest BCUT2D eigenvalue weighted by Gasteiger charge is 2.38. The van der Waals surface area contributed by atoms with Crippen molar-refractivity contribution in [3.05, 3.63) is 0 Å². The number of nitrogens with zero attached hydrogens (tertiary/aromatic N) is 1. The van der Waals surface area contributed by atoms with Crippen LogP contribution in [0.3, 0.4) is 0 Å². The van der Waals surface area contributed by atoms with E-state index in [0.29, 0.717) is 24.5 Å². The van der Waals surface area contributed by atoms with Gasteiger partial charge in [0.1, 0.15) is 0 Å². The van der Waals surface area contributed by atoms with Gasteiger partial charge in [-0.3, -0.25) is 10.1 Å². The first-order chi connectivity index (χ1) is 7.61. The second kappa shape index (κ2) is 4.72. The van der Waals surface area contributed by atoms with E-state index in [2.05, 4.69) is 26.1 Å². The third-order valence-corrected chi connectivity index (χ3v) is 3.84. The molecule has 4 heteroatoms. The van der Waals surface area contributed by atoms with Crippen LogP contribution >= 0.6 is 0 Å². The molecule has 0 aromatic heterocycles. The fourth-order valence-corrected chi connectivity index (χ4v) is 2.59. The zero-order valence-corrected chi connectivity index (χ0v) is 10.4. The molecule has 2 saturated heterocycles. The molecule has 0 spiro atoms. The zero-order valence-electron chi connectivity index (χ0n) is 10.4. The molecule has 1 amide bonds. The van der Waals surface area contributed by atoms with Gasteiger partial charge < -0.3 is 9.64 Å². The van der Waals surface area contributed by atoms with Crippen LogP contribution in [-0.2, 0) is 9.53 Å². The maximum absolute atomic E-state index is 12.2. The monoisotopic (exact) mass is 226 g/mol. The van der Waals surface area contributed by atoms with Gasteiger partial charge in [0.25, 0.3) is 0 Å². The van der Waals surface area contributed by atoms with E-state index in [9.17, 15) is 4.79 Å². The number of rotatable bonds is 3. The molecule has 0 aliphatic carbocycles. The van der Waals surface area contributed by atoms with Crippen molar-refractivity contribution in [1.29, 1.82) is 0 Å². The summed E-state index contributed by atoms with van der Waals surface area (Å²) >= 11 is 0. The largest absolute Gasteiger partial charge is 0.381 e. The van der Waals surface area contributed by atoms with Crippen LogP contribution in [-0.4, -0.2) is 42.8 Å². The van der Waals surface area contributed by atoms with Crippen molar-refractivity contribution in [2.45, 2.75) is 39.3 Å². The van der Waals surface area contributed by atoms with Crippen LogP contribution in [0.25, 0.3) is 0 Å². The number of hydrogen-bond donors (Lipinski definition) is 1. The molecule has 2 aliphatic rings. The van der Waals surface area contributed by atoms with Crippen molar-refractivity contribution in [3.8, 4) is 0 Å². The van der Waals surface area contributed by atoms with Gasteiger partial charge in [0, 0.05) is 18.6 Å². The Morgan fingerprint density at radius 2 is 2.19 bits per heavy atom. The molecule has 1 N–H and O–H groups in total. The fourth-order valence-electron chi connectivity index (χ4n) is 2.59. The van der Waals surface area contributed by atoms with Gasteiger partial charge >= 0.3 is 0 Å². The molecular weight excluding hydrogens is 204 g/mol. The van der Waals surface area contributed by atoms with E-state index in [1.807, 2.05) is 4.90 Å². The summed E-state index contributed by atoms with van der Waals surface area (Å²) in [5.41, 5.74) is 0. The summed E-state index contributed by atoms with van der Waals surface area (Å²) in [4.78, 5) is 14.1. The first-order valence-electron chi connectivity index (χ1n) is 6.23. The van der Waals surface area contributed by atoms with Crippen LogP contribution < -0.4 is 5.32 Å². The Balaban J connectivity index is 1.97. The lowest BCUT2D eigenvalue weighted by atomic mass is 9.98. The minimum Gasteiger partial charge on any atom is -0.381 e. The van der Waals surface area contributed by atoms with E-state index in [1.54, 1.807) is 0 Å². The summed E-state index contributed by atoms with van der Waals surface area (Å²) in [5, 5.41) is 3.30. The number of nitrogens with one attached hydrogen (secondary N) is 1. The third kappa shape index (κ3) is 2.09. The quantitative estimate of drug-likeness (QED) is 0.775. The summed E-state index contributed by atoms with van der Waals surface area (Å²) < 4.78 is 5.39. The van der Waals surface area contributed by atoms with Crippen molar-refractivity contribution in [2.24, 2.45) is 11.8 Å². The molecule has 92 valence electrons. The predicted molar refractivity (Wildman–Crippen MR) is 61.9 cm³/mol. The van der Waals surface area contributed by atoms with Gasteiger partial charge in [-0.1, -0.05) is 13.8 Å². The smallest absolute Gasteiger partial charge is 0.241 e. The van der Waals surface area contributed by atoms with Crippen LogP contribution in [0.5, 0.6) is 0 Å². The van der Waals surface area contributed by atoms with Gasteiger partial charge in [0.05, 0.1) is 19.3 Å². The van der Waals surface area contributed by atoms with Crippen molar-refractivity contribution >= 4 is 5.91 Å². The molecule has 0 radical (unpaired) electrons. The highest BCUT2D eigenvalue weighted by Crippen LogP contribution is 2.24. The molecule has 0 aromatic rings. The molecule has 3 unspecified atom stereocenters. The number of hydrogen-bond acceptors (Lipinski definition) is 3. The molecule has 2 rings (SSSR count). The minimum absolute atomic E-state index is 0.00442. The normalized spacial score (nSPS) is 32.8. The molecule has 2 aliphatic heterocycles. The van der Waals surface area contributed by atoms with E-state index in [1.165, 1.54) is 0 Å². The molecule has 0 saturated carbocycles. The number of amides is 1. The van der Waals surface area contributed by atoms with E-state index >= 15 is 0 Å². The summed E-state index contributed by atoms with van der Waals surface area (Å²) in [5.74, 6) is 1.13. The Hall–Kier alpha value is -0.610. The number of ether oxygens (including phenoxy) is 1. The van der Waals surface area contributed by atoms with Gasteiger partial charge in [0.15, 0.2) is 0 Å². The Bertz CT molecular complexity index is 262. The molecule has 3 atom stereocenters. The standard InChI is InChI=1S/C12H22N2O2/c1-8(2)11-12(15)14(7-13-11)9(3)10-4-5-16-6-10/h8-11,13H,4-7H2,1-3H3. The average Bonchev–Trinajstić information content (AvgIpc) is 2.84. The summed E-state index contributed by atoms with van der Waals surface area (Å²) in [6.07, 6.45) is 1.08. The minimum atomic E-state index is 0.00442. The molecule has 2 fully saturated rings. The van der Waals surface area contributed by atoms with E-state index in [0.717, 1.165) is 19.6 Å². The summed E-state index contributed by atoms with van der Waals surface area (Å²) in [7, 11) is 0. The van der Waals surface area contributed by atoms with Gasteiger partial charge in [-0.2, -0.15) is 0 Å².